The monoisotopic (exact) mass is 265 g/mol. The zero-order valence-electron chi connectivity index (χ0n) is 10.1. The number of aldehydes is 1. The molecule has 1 aliphatic carbocycles. The molecule has 1 saturated heterocycles. The van der Waals surface area contributed by atoms with E-state index in [0.29, 0.717) is 22.7 Å². The van der Waals surface area contributed by atoms with Crippen molar-refractivity contribution >= 4 is 23.6 Å². The topological polar surface area (TPSA) is 29.5 Å². The first-order chi connectivity index (χ1) is 8.79. The van der Waals surface area contributed by atoms with Crippen LogP contribution in [0.3, 0.4) is 0 Å². The number of rotatable bonds is 2. The molecule has 3 rings (SSSR count). The van der Waals surface area contributed by atoms with Crippen LogP contribution in [0.4, 0.5) is 5.69 Å². The molecule has 2 atom stereocenters. The van der Waals surface area contributed by atoms with Crippen LogP contribution >= 0.6 is 11.6 Å². The lowest BCUT2D eigenvalue weighted by atomic mass is 10.1. The van der Waals surface area contributed by atoms with E-state index in [9.17, 15) is 4.79 Å². The van der Waals surface area contributed by atoms with Crippen molar-refractivity contribution in [2.75, 3.05) is 18.1 Å². The van der Waals surface area contributed by atoms with Crippen LogP contribution in [0.1, 0.15) is 29.6 Å². The van der Waals surface area contributed by atoms with Crippen LogP contribution in [0.2, 0.25) is 5.02 Å². The Hall–Kier alpha value is -1.06. The van der Waals surface area contributed by atoms with Crippen molar-refractivity contribution in [3.05, 3.63) is 28.8 Å². The maximum absolute atomic E-state index is 10.7. The number of morpholine rings is 1. The third kappa shape index (κ3) is 2.02. The number of benzene rings is 1. The predicted octanol–water partition coefficient (Wildman–Crippen LogP) is 2.91. The minimum atomic E-state index is 0.348. The van der Waals surface area contributed by atoms with Crippen molar-refractivity contribution in [1.82, 2.24) is 0 Å². The van der Waals surface area contributed by atoms with Crippen molar-refractivity contribution in [3.8, 4) is 0 Å². The van der Waals surface area contributed by atoms with Gasteiger partial charge in [0.05, 0.1) is 29.5 Å². The van der Waals surface area contributed by atoms with Gasteiger partial charge in [0.2, 0.25) is 0 Å². The van der Waals surface area contributed by atoms with Gasteiger partial charge in [-0.3, -0.25) is 4.79 Å². The molecule has 1 aliphatic heterocycles. The Morgan fingerprint density at radius 1 is 1.39 bits per heavy atom. The molecule has 1 aromatic carbocycles. The zero-order chi connectivity index (χ0) is 12.5. The summed E-state index contributed by atoms with van der Waals surface area (Å²) in [6.45, 7) is 1.63. The molecule has 3 nitrogen and oxygen atoms in total. The molecule has 1 aromatic rings. The smallest absolute Gasteiger partial charge is 0.150 e. The average Bonchev–Trinajstić information content (AvgIpc) is 2.87. The van der Waals surface area contributed by atoms with Crippen LogP contribution in [-0.4, -0.2) is 31.6 Å². The molecule has 0 radical (unpaired) electrons. The fourth-order valence-electron chi connectivity index (χ4n) is 3.05. The van der Waals surface area contributed by atoms with Crippen molar-refractivity contribution in [2.45, 2.75) is 31.4 Å². The number of anilines is 1. The number of carbonyl (C=O) groups excluding carboxylic acids is 1. The van der Waals surface area contributed by atoms with Crippen molar-refractivity contribution in [1.29, 1.82) is 0 Å². The third-order valence-electron chi connectivity index (χ3n) is 3.90. The Morgan fingerprint density at radius 3 is 3.06 bits per heavy atom. The normalized spacial score (nSPS) is 27.1. The van der Waals surface area contributed by atoms with E-state index >= 15 is 0 Å². The van der Waals surface area contributed by atoms with E-state index < -0.39 is 0 Å². The zero-order valence-corrected chi connectivity index (χ0v) is 10.9. The lowest BCUT2D eigenvalue weighted by Crippen LogP contribution is -2.48. The van der Waals surface area contributed by atoms with Crippen molar-refractivity contribution in [2.24, 2.45) is 0 Å². The van der Waals surface area contributed by atoms with Gasteiger partial charge in [0.15, 0.2) is 0 Å². The van der Waals surface area contributed by atoms with E-state index in [1.54, 1.807) is 6.07 Å². The van der Waals surface area contributed by atoms with Gasteiger partial charge >= 0.3 is 0 Å². The van der Waals surface area contributed by atoms with E-state index in [1.807, 2.05) is 12.1 Å². The molecular weight excluding hydrogens is 250 g/mol. The standard InChI is InChI=1S/C14H16ClNO2/c15-11-8-10(9-17)4-5-12(11)16-6-7-18-14-3-1-2-13(14)16/h4-5,8-9,13-14H,1-3,6-7H2. The molecule has 2 aliphatic rings. The van der Waals surface area contributed by atoms with Crippen LogP contribution in [0.5, 0.6) is 0 Å². The Kier molecular flexibility index (Phi) is 3.27. The number of fused-ring (bicyclic) bond motifs is 1. The van der Waals surface area contributed by atoms with E-state index in [4.69, 9.17) is 16.3 Å². The summed E-state index contributed by atoms with van der Waals surface area (Å²) < 4.78 is 5.80. The number of ether oxygens (including phenoxy) is 1. The van der Waals surface area contributed by atoms with Gasteiger partial charge in [-0.15, -0.1) is 0 Å². The fraction of sp³-hybridized carbons (Fsp3) is 0.500. The minimum Gasteiger partial charge on any atom is -0.374 e. The van der Waals surface area contributed by atoms with Crippen LogP contribution in [-0.2, 0) is 4.74 Å². The summed E-state index contributed by atoms with van der Waals surface area (Å²) in [5.41, 5.74) is 1.66. The molecule has 0 amide bonds. The Bertz CT molecular complexity index is 463. The highest BCUT2D eigenvalue weighted by molar-refractivity contribution is 6.33. The largest absolute Gasteiger partial charge is 0.374 e. The first-order valence-corrected chi connectivity index (χ1v) is 6.80. The highest BCUT2D eigenvalue weighted by Crippen LogP contribution is 2.36. The molecule has 1 heterocycles. The van der Waals surface area contributed by atoms with Gasteiger partial charge in [-0.1, -0.05) is 11.6 Å². The van der Waals surface area contributed by atoms with Crippen molar-refractivity contribution < 1.29 is 9.53 Å². The number of hydrogen-bond donors (Lipinski definition) is 0. The summed E-state index contributed by atoms with van der Waals surface area (Å²) in [6.07, 6.45) is 4.70. The van der Waals surface area contributed by atoms with Gasteiger partial charge in [0.1, 0.15) is 6.29 Å². The molecule has 0 bridgehead atoms. The first-order valence-electron chi connectivity index (χ1n) is 6.42. The second-order valence-electron chi connectivity index (χ2n) is 4.93. The molecule has 96 valence electrons. The molecule has 1 saturated carbocycles. The first kappa shape index (κ1) is 12.0. The molecule has 4 heteroatoms. The summed E-state index contributed by atoms with van der Waals surface area (Å²) in [7, 11) is 0. The maximum atomic E-state index is 10.7. The fourth-order valence-corrected chi connectivity index (χ4v) is 3.35. The summed E-state index contributed by atoms with van der Waals surface area (Å²) >= 11 is 6.29. The lowest BCUT2D eigenvalue weighted by Gasteiger charge is -2.39. The number of halogens is 1. The Labute approximate surface area is 112 Å². The highest BCUT2D eigenvalue weighted by Gasteiger charge is 2.36. The van der Waals surface area contributed by atoms with E-state index in [-0.39, 0.29) is 0 Å². The molecular formula is C14H16ClNO2. The summed E-state index contributed by atoms with van der Waals surface area (Å²) in [5.74, 6) is 0. The second kappa shape index (κ2) is 4.90. The quantitative estimate of drug-likeness (QED) is 0.770. The van der Waals surface area contributed by atoms with E-state index in [1.165, 1.54) is 6.42 Å². The maximum Gasteiger partial charge on any atom is 0.150 e. The molecule has 0 spiro atoms. The molecule has 18 heavy (non-hydrogen) atoms. The van der Waals surface area contributed by atoms with Gasteiger partial charge in [0.25, 0.3) is 0 Å². The van der Waals surface area contributed by atoms with Crippen LogP contribution in [0.15, 0.2) is 18.2 Å². The molecule has 2 fully saturated rings. The summed E-state index contributed by atoms with van der Waals surface area (Å²) in [6, 6.07) is 5.96. The highest BCUT2D eigenvalue weighted by atomic mass is 35.5. The number of hydrogen-bond acceptors (Lipinski definition) is 3. The van der Waals surface area contributed by atoms with Crippen LogP contribution < -0.4 is 4.90 Å². The molecule has 0 aromatic heterocycles. The third-order valence-corrected chi connectivity index (χ3v) is 4.20. The summed E-state index contributed by atoms with van der Waals surface area (Å²) in [5, 5.41) is 0.659. The van der Waals surface area contributed by atoms with E-state index in [2.05, 4.69) is 4.90 Å². The predicted molar refractivity (Wildman–Crippen MR) is 71.6 cm³/mol. The average molecular weight is 266 g/mol. The summed E-state index contributed by atoms with van der Waals surface area (Å²) in [4.78, 5) is 13.1. The van der Waals surface area contributed by atoms with Gasteiger partial charge in [-0.2, -0.15) is 0 Å². The van der Waals surface area contributed by atoms with Gasteiger partial charge in [-0.05, 0) is 37.5 Å². The van der Waals surface area contributed by atoms with Gasteiger partial charge in [-0.25, -0.2) is 0 Å². The van der Waals surface area contributed by atoms with Crippen molar-refractivity contribution in [3.63, 3.8) is 0 Å². The second-order valence-corrected chi connectivity index (χ2v) is 5.34. The van der Waals surface area contributed by atoms with Crippen LogP contribution in [0, 0.1) is 0 Å². The SMILES string of the molecule is O=Cc1ccc(N2CCOC3CCCC32)c(Cl)c1. The molecule has 2 unspecified atom stereocenters. The van der Waals surface area contributed by atoms with Gasteiger partial charge in [0, 0.05) is 12.1 Å². The minimum absolute atomic E-state index is 0.348. The van der Waals surface area contributed by atoms with Crippen LogP contribution in [0.25, 0.3) is 0 Å². The van der Waals surface area contributed by atoms with E-state index in [0.717, 1.165) is 38.0 Å². The Balaban J connectivity index is 1.91. The number of nitrogens with zero attached hydrogens (tertiary/aromatic N) is 1. The van der Waals surface area contributed by atoms with Gasteiger partial charge < -0.3 is 9.64 Å². The number of carbonyl (C=O) groups is 1. The Morgan fingerprint density at radius 2 is 2.28 bits per heavy atom. The lowest BCUT2D eigenvalue weighted by molar-refractivity contribution is 0.0256. The molecule has 0 N–H and O–H groups in total.